The SMILES string of the molecule is CC1CCC(c2nc([C@@H]3CCCO[C@H]3c3ccnn3C(C)C)n(-c3cc(F)cc(Cl)c3)n2)CC1. The van der Waals surface area contributed by atoms with Gasteiger partial charge in [-0.2, -0.15) is 10.2 Å². The molecule has 0 bridgehead atoms. The Morgan fingerprint density at radius 3 is 2.65 bits per heavy atom. The van der Waals surface area contributed by atoms with Gasteiger partial charge in [0.1, 0.15) is 17.7 Å². The van der Waals surface area contributed by atoms with Crippen molar-refractivity contribution in [2.45, 2.75) is 83.3 Å². The van der Waals surface area contributed by atoms with E-state index in [9.17, 15) is 4.39 Å². The third kappa shape index (κ3) is 4.65. The second kappa shape index (κ2) is 9.78. The van der Waals surface area contributed by atoms with Crippen LogP contribution in [-0.2, 0) is 4.74 Å². The molecule has 0 spiro atoms. The van der Waals surface area contributed by atoms with E-state index in [-0.39, 0.29) is 23.9 Å². The van der Waals surface area contributed by atoms with Crippen LogP contribution in [0.2, 0.25) is 5.02 Å². The third-order valence-electron chi connectivity index (χ3n) is 7.26. The van der Waals surface area contributed by atoms with Gasteiger partial charge in [-0.05, 0) is 69.7 Å². The molecular weight excluding hydrogens is 453 g/mol. The Balaban J connectivity index is 1.60. The van der Waals surface area contributed by atoms with Crippen molar-refractivity contribution in [3.63, 3.8) is 0 Å². The predicted molar refractivity (Wildman–Crippen MR) is 130 cm³/mol. The lowest BCUT2D eigenvalue weighted by Crippen LogP contribution is -2.26. The summed E-state index contributed by atoms with van der Waals surface area (Å²) in [6, 6.07) is 6.81. The van der Waals surface area contributed by atoms with Gasteiger partial charge >= 0.3 is 0 Å². The fraction of sp³-hybridized carbons (Fsp3) is 0.577. The van der Waals surface area contributed by atoms with Crippen molar-refractivity contribution in [2.24, 2.45) is 5.92 Å². The topological polar surface area (TPSA) is 57.8 Å². The molecule has 1 aliphatic carbocycles. The predicted octanol–water partition coefficient (Wildman–Crippen LogP) is 6.77. The Labute approximate surface area is 205 Å². The maximum atomic E-state index is 14.4. The van der Waals surface area contributed by atoms with Crippen molar-refractivity contribution in [3.8, 4) is 5.69 Å². The van der Waals surface area contributed by atoms with Crippen LogP contribution < -0.4 is 0 Å². The molecule has 1 aromatic carbocycles. The van der Waals surface area contributed by atoms with Crippen LogP contribution in [0.4, 0.5) is 4.39 Å². The van der Waals surface area contributed by atoms with Gasteiger partial charge in [-0.15, -0.1) is 0 Å². The summed E-state index contributed by atoms with van der Waals surface area (Å²) in [4.78, 5) is 5.13. The first-order valence-corrected chi connectivity index (χ1v) is 12.9. The molecule has 2 aliphatic rings. The van der Waals surface area contributed by atoms with Crippen molar-refractivity contribution in [3.05, 3.63) is 58.6 Å². The van der Waals surface area contributed by atoms with Crippen molar-refractivity contribution in [1.29, 1.82) is 0 Å². The van der Waals surface area contributed by atoms with Gasteiger partial charge in [-0.25, -0.2) is 14.1 Å². The largest absolute Gasteiger partial charge is 0.371 e. The summed E-state index contributed by atoms with van der Waals surface area (Å²) in [6.45, 7) is 7.24. The maximum absolute atomic E-state index is 14.4. The average molecular weight is 486 g/mol. The lowest BCUT2D eigenvalue weighted by molar-refractivity contribution is -0.0108. The van der Waals surface area contributed by atoms with Crippen molar-refractivity contribution in [1.82, 2.24) is 24.5 Å². The summed E-state index contributed by atoms with van der Waals surface area (Å²) in [5.74, 6) is 2.33. The highest BCUT2D eigenvalue weighted by Gasteiger charge is 2.36. The fourth-order valence-corrected chi connectivity index (χ4v) is 5.66. The smallest absolute Gasteiger partial charge is 0.154 e. The number of aromatic nitrogens is 5. The first-order valence-electron chi connectivity index (χ1n) is 12.5. The molecule has 3 heterocycles. The van der Waals surface area contributed by atoms with Gasteiger partial charge < -0.3 is 4.74 Å². The minimum atomic E-state index is -0.383. The Morgan fingerprint density at radius 2 is 1.91 bits per heavy atom. The molecule has 3 aromatic rings. The summed E-state index contributed by atoms with van der Waals surface area (Å²) in [5.41, 5.74) is 1.64. The number of halogens is 2. The van der Waals surface area contributed by atoms with Crippen LogP contribution in [-0.4, -0.2) is 31.2 Å². The molecule has 6 nitrogen and oxygen atoms in total. The average Bonchev–Trinajstić information content (AvgIpc) is 3.47. The molecule has 1 aliphatic heterocycles. The Bertz CT molecular complexity index is 1110. The van der Waals surface area contributed by atoms with E-state index in [1.807, 2.05) is 21.6 Å². The molecule has 182 valence electrons. The van der Waals surface area contributed by atoms with Gasteiger partial charge in [0.25, 0.3) is 0 Å². The highest BCUT2D eigenvalue weighted by Crippen LogP contribution is 2.42. The van der Waals surface area contributed by atoms with Gasteiger partial charge in [0.15, 0.2) is 5.82 Å². The van der Waals surface area contributed by atoms with Crippen LogP contribution in [0.5, 0.6) is 0 Å². The molecule has 0 radical (unpaired) electrons. The van der Waals surface area contributed by atoms with Gasteiger partial charge in [0, 0.05) is 29.8 Å². The zero-order chi connectivity index (χ0) is 23.8. The number of hydrogen-bond acceptors (Lipinski definition) is 4. The second-order valence-corrected chi connectivity index (χ2v) is 10.6. The summed E-state index contributed by atoms with van der Waals surface area (Å²) in [6.07, 6.45) is 8.02. The summed E-state index contributed by atoms with van der Waals surface area (Å²) >= 11 is 6.24. The molecule has 0 amide bonds. The Morgan fingerprint density at radius 1 is 1.12 bits per heavy atom. The van der Waals surface area contributed by atoms with Crippen LogP contribution in [0, 0.1) is 11.7 Å². The van der Waals surface area contributed by atoms with Crippen molar-refractivity contribution >= 4 is 11.6 Å². The highest BCUT2D eigenvalue weighted by molar-refractivity contribution is 6.30. The van der Waals surface area contributed by atoms with E-state index < -0.39 is 0 Å². The molecule has 8 heteroatoms. The number of benzene rings is 1. The molecule has 2 aromatic heterocycles. The van der Waals surface area contributed by atoms with Crippen molar-refractivity contribution < 1.29 is 9.13 Å². The first kappa shape index (κ1) is 23.5. The van der Waals surface area contributed by atoms with Crippen LogP contribution in [0.1, 0.15) is 101 Å². The third-order valence-corrected chi connectivity index (χ3v) is 7.48. The van der Waals surface area contributed by atoms with Crippen LogP contribution >= 0.6 is 11.6 Å². The lowest BCUT2D eigenvalue weighted by Gasteiger charge is -2.32. The Kier molecular flexibility index (Phi) is 6.76. The molecule has 0 N–H and O–H groups in total. The fourth-order valence-electron chi connectivity index (χ4n) is 5.44. The van der Waals surface area contributed by atoms with E-state index >= 15 is 0 Å². The quantitative estimate of drug-likeness (QED) is 0.400. The molecule has 2 atom stereocenters. The molecule has 2 fully saturated rings. The van der Waals surface area contributed by atoms with Crippen LogP contribution in [0.15, 0.2) is 30.5 Å². The standard InChI is InChI=1S/C26H33ClFN5O/c1-16(2)32-23(10-11-29-32)24-22(5-4-12-34-24)26-30-25(18-8-6-17(3)7-9-18)31-33(26)21-14-19(27)13-20(28)15-21/h10-11,13-18,22,24H,4-9,12H2,1-3H3/t17?,18?,22-,24-/m1/s1. The number of hydrogen-bond donors (Lipinski definition) is 0. The van der Waals surface area contributed by atoms with E-state index in [1.54, 1.807) is 6.07 Å². The zero-order valence-corrected chi connectivity index (χ0v) is 20.9. The van der Waals surface area contributed by atoms with E-state index in [0.717, 1.165) is 48.9 Å². The molecule has 0 unspecified atom stereocenters. The molecular formula is C26H33ClFN5O. The van der Waals surface area contributed by atoms with E-state index in [2.05, 4.69) is 25.9 Å². The van der Waals surface area contributed by atoms with Gasteiger partial charge in [-0.1, -0.05) is 31.4 Å². The van der Waals surface area contributed by atoms with E-state index in [1.165, 1.54) is 25.0 Å². The lowest BCUT2D eigenvalue weighted by atomic mass is 9.82. The monoisotopic (exact) mass is 485 g/mol. The normalized spacial score (nSPS) is 25.7. The van der Waals surface area contributed by atoms with Gasteiger partial charge in [-0.3, -0.25) is 4.68 Å². The van der Waals surface area contributed by atoms with Gasteiger partial charge in [0.2, 0.25) is 0 Å². The minimum absolute atomic E-state index is 0.0197. The molecule has 34 heavy (non-hydrogen) atoms. The summed E-state index contributed by atoms with van der Waals surface area (Å²) in [7, 11) is 0. The minimum Gasteiger partial charge on any atom is -0.371 e. The molecule has 5 rings (SSSR count). The zero-order valence-electron chi connectivity index (χ0n) is 20.1. The number of rotatable bonds is 5. The number of nitrogens with zero attached hydrogens (tertiary/aromatic N) is 5. The van der Waals surface area contributed by atoms with E-state index in [4.69, 9.17) is 26.4 Å². The molecule has 1 saturated heterocycles. The van der Waals surface area contributed by atoms with Crippen molar-refractivity contribution in [2.75, 3.05) is 6.61 Å². The van der Waals surface area contributed by atoms with Crippen LogP contribution in [0.25, 0.3) is 5.69 Å². The van der Waals surface area contributed by atoms with E-state index in [0.29, 0.717) is 23.2 Å². The maximum Gasteiger partial charge on any atom is 0.154 e. The second-order valence-electron chi connectivity index (χ2n) is 10.2. The Hall–Kier alpha value is -2.25. The van der Waals surface area contributed by atoms with Gasteiger partial charge in [0.05, 0.1) is 17.3 Å². The highest BCUT2D eigenvalue weighted by atomic mass is 35.5. The first-order chi connectivity index (χ1) is 16.4. The molecule has 1 saturated carbocycles. The summed E-state index contributed by atoms with van der Waals surface area (Å²) in [5, 5.41) is 9.84. The van der Waals surface area contributed by atoms with Crippen LogP contribution in [0.3, 0.4) is 0 Å². The summed E-state index contributed by atoms with van der Waals surface area (Å²) < 4.78 is 24.5. The number of ether oxygens (including phenoxy) is 1.